The monoisotopic (exact) mass is 258 g/mol. The zero-order chi connectivity index (χ0) is 13.7. The van der Waals surface area contributed by atoms with Gasteiger partial charge in [-0.15, -0.1) is 0 Å². The summed E-state index contributed by atoms with van der Waals surface area (Å²) in [7, 11) is 1.77. The van der Waals surface area contributed by atoms with Crippen LogP contribution in [-0.2, 0) is 4.79 Å². The summed E-state index contributed by atoms with van der Waals surface area (Å²) in [5, 5.41) is 8.63. The van der Waals surface area contributed by atoms with Gasteiger partial charge in [0.1, 0.15) is 0 Å². The van der Waals surface area contributed by atoms with E-state index in [2.05, 4.69) is 15.0 Å². The molecule has 0 aliphatic rings. The minimum atomic E-state index is -0.833. The Labute approximate surface area is 110 Å². The molecule has 0 bridgehead atoms. The van der Waals surface area contributed by atoms with Gasteiger partial charge in [0.05, 0.1) is 6.42 Å². The van der Waals surface area contributed by atoms with Gasteiger partial charge < -0.3 is 10.0 Å². The summed E-state index contributed by atoms with van der Waals surface area (Å²) in [4.78, 5) is 24.6. The third-order valence-corrected chi connectivity index (χ3v) is 2.65. The number of anilines is 1. The predicted octanol–water partition coefficient (Wildman–Crippen LogP) is 1.45. The standard InChI is InChI=1S/C13H14N4O2/c1-17(7-4-12(18)19)13-15-8-11(9-16-13)10-2-5-14-6-3-10/h2-3,5-6,8-9H,4,7H2,1H3,(H,18,19). The van der Waals surface area contributed by atoms with E-state index in [9.17, 15) is 4.79 Å². The fourth-order valence-electron chi connectivity index (χ4n) is 1.58. The van der Waals surface area contributed by atoms with Crippen LogP contribution >= 0.6 is 0 Å². The molecule has 0 atom stereocenters. The lowest BCUT2D eigenvalue weighted by atomic mass is 10.1. The maximum Gasteiger partial charge on any atom is 0.305 e. The SMILES string of the molecule is CN(CCC(=O)O)c1ncc(-c2ccncc2)cn1. The van der Waals surface area contributed by atoms with Crippen molar-refractivity contribution in [3.8, 4) is 11.1 Å². The van der Waals surface area contributed by atoms with Crippen LogP contribution in [0.3, 0.4) is 0 Å². The second-order valence-corrected chi connectivity index (χ2v) is 4.07. The van der Waals surface area contributed by atoms with Crippen molar-refractivity contribution in [1.82, 2.24) is 15.0 Å². The number of hydrogen-bond donors (Lipinski definition) is 1. The second kappa shape index (κ2) is 5.90. The van der Waals surface area contributed by atoms with Gasteiger partial charge in [0, 0.05) is 43.9 Å². The number of aliphatic carboxylic acids is 1. The third kappa shape index (κ3) is 3.48. The number of pyridine rings is 1. The maximum atomic E-state index is 10.5. The Morgan fingerprint density at radius 1 is 1.21 bits per heavy atom. The van der Waals surface area contributed by atoms with Crippen molar-refractivity contribution in [1.29, 1.82) is 0 Å². The fraction of sp³-hybridized carbons (Fsp3) is 0.231. The van der Waals surface area contributed by atoms with E-state index in [-0.39, 0.29) is 6.42 Å². The molecule has 2 heterocycles. The van der Waals surface area contributed by atoms with Crippen LogP contribution in [0, 0.1) is 0 Å². The normalized spacial score (nSPS) is 10.2. The van der Waals surface area contributed by atoms with Gasteiger partial charge in [0.2, 0.25) is 5.95 Å². The number of carbonyl (C=O) groups is 1. The van der Waals surface area contributed by atoms with Crippen LogP contribution in [0.4, 0.5) is 5.95 Å². The molecule has 0 aliphatic heterocycles. The molecule has 0 aliphatic carbocycles. The van der Waals surface area contributed by atoms with Gasteiger partial charge in [-0.3, -0.25) is 9.78 Å². The quantitative estimate of drug-likeness (QED) is 0.874. The van der Waals surface area contributed by atoms with Crippen molar-refractivity contribution in [3.63, 3.8) is 0 Å². The topological polar surface area (TPSA) is 79.2 Å². The lowest BCUT2D eigenvalue weighted by Gasteiger charge is -2.15. The van der Waals surface area contributed by atoms with Crippen LogP contribution < -0.4 is 4.90 Å². The van der Waals surface area contributed by atoms with E-state index in [1.54, 1.807) is 36.7 Å². The Balaban J connectivity index is 2.08. The number of carboxylic acid groups (broad SMARTS) is 1. The molecule has 0 aromatic carbocycles. The summed E-state index contributed by atoms with van der Waals surface area (Å²) in [5.74, 6) is -0.320. The van der Waals surface area contributed by atoms with Crippen molar-refractivity contribution < 1.29 is 9.90 Å². The average Bonchev–Trinajstić information content (AvgIpc) is 2.46. The molecule has 0 radical (unpaired) electrons. The molecule has 0 unspecified atom stereocenters. The van der Waals surface area contributed by atoms with Crippen molar-refractivity contribution in [2.24, 2.45) is 0 Å². The van der Waals surface area contributed by atoms with Crippen LogP contribution in [0.5, 0.6) is 0 Å². The summed E-state index contributed by atoms with van der Waals surface area (Å²) in [6.07, 6.45) is 6.92. The second-order valence-electron chi connectivity index (χ2n) is 4.07. The van der Waals surface area contributed by atoms with Crippen LogP contribution in [0.2, 0.25) is 0 Å². The predicted molar refractivity (Wildman–Crippen MR) is 70.8 cm³/mol. The molecular formula is C13H14N4O2. The number of hydrogen-bond acceptors (Lipinski definition) is 5. The molecule has 2 rings (SSSR count). The number of rotatable bonds is 5. The summed E-state index contributed by atoms with van der Waals surface area (Å²) in [5.41, 5.74) is 1.90. The first-order valence-corrected chi connectivity index (χ1v) is 5.82. The van der Waals surface area contributed by atoms with E-state index >= 15 is 0 Å². The zero-order valence-corrected chi connectivity index (χ0v) is 10.5. The molecule has 98 valence electrons. The number of carboxylic acids is 1. The van der Waals surface area contributed by atoms with Crippen molar-refractivity contribution in [2.75, 3.05) is 18.5 Å². The molecular weight excluding hydrogens is 244 g/mol. The first kappa shape index (κ1) is 12.9. The molecule has 2 aromatic rings. The lowest BCUT2D eigenvalue weighted by Crippen LogP contribution is -2.22. The first-order valence-electron chi connectivity index (χ1n) is 5.82. The van der Waals surface area contributed by atoms with Gasteiger partial charge in [-0.05, 0) is 17.7 Å². The van der Waals surface area contributed by atoms with Gasteiger partial charge in [0.15, 0.2) is 0 Å². The zero-order valence-electron chi connectivity index (χ0n) is 10.5. The van der Waals surface area contributed by atoms with Crippen LogP contribution in [0.1, 0.15) is 6.42 Å². The molecule has 19 heavy (non-hydrogen) atoms. The summed E-state index contributed by atoms with van der Waals surface area (Å²) in [6, 6.07) is 3.76. The van der Waals surface area contributed by atoms with Crippen LogP contribution in [-0.4, -0.2) is 39.6 Å². The molecule has 6 nitrogen and oxygen atoms in total. The highest BCUT2D eigenvalue weighted by molar-refractivity contribution is 5.67. The molecule has 6 heteroatoms. The third-order valence-electron chi connectivity index (χ3n) is 2.65. The van der Waals surface area contributed by atoms with Gasteiger partial charge in [0.25, 0.3) is 0 Å². The highest BCUT2D eigenvalue weighted by Crippen LogP contribution is 2.17. The van der Waals surface area contributed by atoms with E-state index in [0.717, 1.165) is 11.1 Å². The summed E-state index contributed by atoms with van der Waals surface area (Å²) in [6.45, 7) is 0.379. The smallest absolute Gasteiger partial charge is 0.305 e. The van der Waals surface area contributed by atoms with E-state index in [1.165, 1.54) is 0 Å². The van der Waals surface area contributed by atoms with Gasteiger partial charge in [-0.25, -0.2) is 9.97 Å². The molecule has 0 saturated carbocycles. The Morgan fingerprint density at radius 3 is 2.42 bits per heavy atom. The van der Waals surface area contributed by atoms with Gasteiger partial charge >= 0.3 is 5.97 Å². The Morgan fingerprint density at radius 2 is 1.84 bits per heavy atom. The van der Waals surface area contributed by atoms with Crippen LogP contribution in [0.15, 0.2) is 36.9 Å². The fourth-order valence-corrected chi connectivity index (χ4v) is 1.58. The Kier molecular flexibility index (Phi) is 4.02. The molecule has 0 fully saturated rings. The van der Waals surface area contributed by atoms with E-state index < -0.39 is 5.97 Å². The van der Waals surface area contributed by atoms with Crippen molar-refractivity contribution >= 4 is 11.9 Å². The van der Waals surface area contributed by atoms with Crippen molar-refractivity contribution in [2.45, 2.75) is 6.42 Å². The summed E-state index contributed by atoms with van der Waals surface area (Å²) < 4.78 is 0. The highest BCUT2D eigenvalue weighted by Gasteiger charge is 2.07. The van der Waals surface area contributed by atoms with E-state index in [1.807, 2.05) is 12.1 Å². The maximum absolute atomic E-state index is 10.5. The van der Waals surface area contributed by atoms with Crippen molar-refractivity contribution in [3.05, 3.63) is 36.9 Å². The van der Waals surface area contributed by atoms with Gasteiger partial charge in [-0.1, -0.05) is 0 Å². The largest absolute Gasteiger partial charge is 0.481 e. The summed E-state index contributed by atoms with van der Waals surface area (Å²) >= 11 is 0. The molecule has 0 amide bonds. The average molecular weight is 258 g/mol. The molecule has 1 N–H and O–H groups in total. The Hall–Kier alpha value is -2.50. The van der Waals surface area contributed by atoms with E-state index in [4.69, 9.17) is 5.11 Å². The minimum absolute atomic E-state index is 0.0615. The number of aromatic nitrogens is 3. The lowest BCUT2D eigenvalue weighted by molar-refractivity contribution is -0.136. The van der Waals surface area contributed by atoms with Crippen LogP contribution in [0.25, 0.3) is 11.1 Å². The minimum Gasteiger partial charge on any atom is -0.481 e. The molecule has 2 aromatic heterocycles. The number of nitrogens with zero attached hydrogens (tertiary/aromatic N) is 4. The van der Waals surface area contributed by atoms with Gasteiger partial charge in [-0.2, -0.15) is 0 Å². The highest BCUT2D eigenvalue weighted by atomic mass is 16.4. The molecule has 0 spiro atoms. The Bertz CT molecular complexity index is 542. The first-order chi connectivity index (χ1) is 9.16. The van der Waals surface area contributed by atoms with E-state index in [0.29, 0.717) is 12.5 Å². The molecule has 0 saturated heterocycles.